The molecule has 0 aliphatic carbocycles. The lowest BCUT2D eigenvalue weighted by molar-refractivity contribution is -0.118. The maximum absolute atomic E-state index is 10.9. The second kappa shape index (κ2) is 4.83. The molecule has 0 aromatic carbocycles. The third kappa shape index (κ3) is 3.45. The van der Waals surface area contributed by atoms with Crippen LogP contribution in [-0.2, 0) is 4.79 Å². The van der Waals surface area contributed by atoms with Crippen LogP contribution in [0.4, 0.5) is 5.82 Å². The molecule has 5 heteroatoms. The molecule has 0 aliphatic heterocycles. The number of primary amides is 1. The largest absolute Gasteiger partial charge is 0.370 e. The van der Waals surface area contributed by atoms with Gasteiger partial charge in [-0.05, 0) is 32.4 Å². The number of aryl methyl sites for hydroxylation is 1. The van der Waals surface area contributed by atoms with E-state index >= 15 is 0 Å². The normalized spacial score (nSPS) is 10.7. The van der Waals surface area contributed by atoms with Crippen LogP contribution in [0.3, 0.4) is 0 Å². The van der Waals surface area contributed by atoms with Gasteiger partial charge in [-0.15, -0.1) is 0 Å². The molecule has 90 valence electrons. The molecule has 0 bridgehead atoms. The summed E-state index contributed by atoms with van der Waals surface area (Å²) in [5.41, 5.74) is 5.98. The van der Waals surface area contributed by atoms with Gasteiger partial charge in [-0.3, -0.25) is 4.79 Å². The third-order valence-corrected chi connectivity index (χ3v) is 2.34. The van der Waals surface area contributed by atoms with Crippen LogP contribution in [-0.4, -0.2) is 16.4 Å². The van der Waals surface area contributed by atoms with Crippen LogP contribution in [0, 0.1) is 18.3 Å². The van der Waals surface area contributed by atoms with E-state index < -0.39 is 11.4 Å². The predicted octanol–water partition coefficient (Wildman–Crippen LogP) is 1.33. The minimum absolute atomic E-state index is 0.174. The first-order chi connectivity index (χ1) is 7.85. The fraction of sp³-hybridized carbons (Fsp3) is 0.417. The number of aromatic nitrogens is 1. The number of nitrogens with zero attached hydrogens (tertiary/aromatic N) is 2. The number of carbonyl (C=O) groups excluding carboxylic acids is 1. The molecule has 0 fully saturated rings. The lowest BCUT2D eigenvalue weighted by Crippen LogP contribution is -2.36. The van der Waals surface area contributed by atoms with Crippen LogP contribution in [0.5, 0.6) is 0 Å². The van der Waals surface area contributed by atoms with Gasteiger partial charge in [0.2, 0.25) is 5.91 Å². The summed E-state index contributed by atoms with van der Waals surface area (Å²) in [6.45, 7) is 5.51. The molecule has 0 atom stereocenters. The second-order valence-corrected chi connectivity index (χ2v) is 4.62. The molecule has 0 aliphatic rings. The van der Waals surface area contributed by atoms with Crippen LogP contribution in [0.15, 0.2) is 12.3 Å². The second-order valence-electron chi connectivity index (χ2n) is 4.62. The fourth-order valence-electron chi connectivity index (χ4n) is 1.59. The van der Waals surface area contributed by atoms with Gasteiger partial charge in [0, 0.05) is 18.2 Å². The van der Waals surface area contributed by atoms with E-state index in [4.69, 9.17) is 11.0 Å². The molecule has 0 unspecified atom stereocenters. The molecule has 3 N–H and O–H groups in total. The van der Waals surface area contributed by atoms with E-state index in [9.17, 15) is 4.79 Å². The smallest absolute Gasteiger partial charge is 0.219 e. The first-order valence-electron chi connectivity index (χ1n) is 5.28. The summed E-state index contributed by atoms with van der Waals surface area (Å²) in [5, 5.41) is 12.1. The average molecular weight is 232 g/mol. The van der Waals surface area contributed by atoms with Crippen LogP contribution in [0.25, 0.3) is 0 Å². The van der Waals surface area contributed by atoms with Crippen molar-refractivity contribution in [2.75, 3.05) is 5.32 Å². The quantitative estimate of drug-likeness (QED) is 0.819. The van der Waals surface area contributed by atoms with Gasteiger partial charge in [-0.25, -0.2) is 4.98 Å². The molecule has 0 saturated heterocycles. The van der Waals surface area contributed by atoms with Crippen molar-refractivity contribution in [3.8, 4) is 6.07 Å². The molecular formula is C12H16N4O. The summed E-state index contributed by atoms with van der Waals surface area (Å²) in [6, 6.07) is 3.87. The Morgan fingerprint density at radius 1 is 1.65 bits per heavy atom. The number of anilines is 1. The highest BCUT2D eigenvalue weighted by Gasteiger charge is 2.22. The number of carbonyl (C=O) groups is 1. The zero-order valence-electron chi connectivity index (χ0n) is 10.2. The summed E-state index contributed by atoms with van der Waals surface area (Å²) in [5.74, 6) is 0.0902. The molecule has 0 radical (unpaired) electrons. The minimum Gasteiger partial charge on any atom is -0.370 e. The summed E-state index contributed by atoms with van der Waals surface area (Å²) < 4.78 is 0. The molecule has 5 nitrogen and oxygen atoms in total. The van der Waals surface area contributed by atoms with Crippen molar-refractivity contribution >= 4 is 11.7 Å². The molecule has 1 rings (SSSR count). The maximum atomic E-state index is 10.9. The monoisotopic (exact) mass is 232 g/mol. The topological polar surface area (TPSA) is 91.8 Å². The zero-order chi connectivity index (χ0) is 13.1. The summed E-state index contributed by atoms with van der Waals surface area (Å²) >= 11 is 0. The molecule has 0 saturated carbocycles. The van der Waals surface area contributed by atoms with Gasteiger partial charge < -0.3 is 11.1 Å². The SMILES string of the molecule is Cc1ccnc(NC(C)(C)CC(N)=O)c1C#N. The van der Waals surface area contributed by atoms with Crippen molar-refractivity contribution in [1.29, 1.82) is 5.26 Å². The van der Waals surface area contributed by atoms with E-state index in [0.717, 1.165) is 5.56 Å². The van der Waals surface area contributed by atoms with Gasteiger partial charge in [0.15, 0.2) is 0 Å². The van der Waals surface area contributed by atoms with Crippen molar-refractivity contribution in [1.82, 2.24) is 4.98 Å². The van der Waals surface area contributed by atoms with E-state index in [1.165, 1.54) is 0 Å². The number of nitrogens with one attached hydrogen (secondary N) is 1. The van der Waals surface area contributed by atoms with Crippen molar-refractivity contribution in [3.63, 3.8) is 0 Å². The highest BCUT2D eigenvalue weighted by molar-refractivity contribution is 5.75. The first kappa shape index (κ1) is 13.0. The van der Waals surface area contributed by atoms with Crippen LogP contribution in [0.2, 0.25) is 0 Å². The summed E-state index contributed by atoms with van der Waals surface area (Å²) in [4.78, 5) is 15.0. The number of amides is 1. The summed E-state index contributed by atoms with van der Waals surface area (Å²) in [6.07, 6.45) is 1.80. The van der Waals surface area contributed by atoms with Gasteiger partial charge in [0.05, 0.1) is 5.56 Å². The zero-order valence-corrected chi connectivity index (χ0v) is 10.2. The van der Waals surface area contributed by atoms with E-state index in [2.05, 4.69) is 16.4 Å². The van der Waals surface area contributed by atoms with Crippen molar-refractivity contribution in [2.45, 2.75) is 32.7 Å². The Morgan fingerprint density at radius 2 is 2.29 bits per heavy atom. The average Bonchev–Trinajstić information content (AvgIpc) is 2.14. The molecule has 1 aromatic heterocycles. The first-order valence-corrected chi connectivity index (χ1v) is 5.28. The third-order valence-electron chi connectivity index (χ3n) is 2.34. The fourth-order valence-corrected chi connectivity index (χ4v) is 1.59. The number of rotatable bonds is 4. The Hall–Kier alpha value is -2.09. The molecule has 1 aromatic rings. The van der Waals surface area contributed by atoms with E-state index in [1.807, 2.05) is 20.8 Å². The molecular weight excluding hydrogens is 216 g/mol. The van der Waals surface area contributed by atoms with Crippen molar-refractivity contribution < 1.29 is 4.79 Å². The minimum atomic E-state index is -0.530. The molecule has 17 heavy (non-hydrogen) atoms. The number of nitrogens with two attached hydrogens (primary N) is 1. The standard InChI is InChI=1S/C12H16N4O/c1-8-4-5-15-11(9(8)7-13)16-12(2,3)6-10(14)17/h4-5H,6H2,1-3H3,(H2,14,17)(H,15,16). The van der Waals surface area contributed by atoms with Gasteiger partial charge in [0.1, 0.15) is 11.9 Å². The molecule has 1 amide bonds. The van der Waals surface area contributed by atoms with Crippen LogP contribution >= 0.6 is 0 Å². The predicted molar refractivity (Wildman–Crippen MR) is 65.2 cm³/mol. The van der Waals surface area contributed by atoms with Crippen molar-refractivity contribution in [2.24, 2.45) is 5.73 Å². The number of nitriles is 1. The Kier molecular flexibility index (Phi) is 3.69. The Labute approximate surface area is 101 Å². The van der Waals surface area contributed by atoms with Gasteiger partial charge in [-0.1, -0.05) is 0 Å². The Morgan fingerprint density at radius 3 is 2.82 bits per heavy atom. The number of hydrogen-bond donors (Lipinski definition) is 2. The van der Waals surface area contributed by atoms with E-state index in [0.29, 0.717) is 11.4 Å². The van der Waals surface area contributed by atoms with Crippen LogP contribution < -0.4 is 11.1 Å². The Bertz CT molecular complexity index is 474. The van der Waals surface area contributed by atoms with E-state index in [1.54, 1.807) is 12.3 Å². The number of hydrogen-bond acceptors (Lipinski definition) is 4. The number of pyridine rings is 1. The van der Waals surface area contributed by atoms with Gasteiger partial charge >= 0.3 is 0 Å². The summed E-state index contributed by atoms with van der Waals surface area (Å²) in [7, 11) is 0. The van der Waals surface area contributed by atoms with Crippen LogP contribution in [0.1, 0.15) is 31.4 Å². The molecule has 1 heterocycles. The highest BCUT2D eigenvalue weighted by atomic mass is 16.1. The van der Waals surface area contributed by atoms with Gasteiger partial charge in [-0.2, -0.15) is 5.26 Å². The molecule has 0 spiro atoms. The Balaban J connectivity index is 3.00. The maximum Gasteiger partial charge on any atom is 0.219 e. The van der Waals surface area contributed by atoms with Crippen molar-refractivity contribution in [3.05, 3.63) is 23.4 Å². The highest BCUT2D eigenvalue weighted by Crippen LogP contribution is 2.21. The van der Waals surface area contributed by atoms with E-state index in [-0.39, 0.29) is 6.42 Å². The van der Waals surface area contributed by atoms with Gasteiger partial charge in [0.25, 0.3) is 0 Å². The lowest BCUT2D eigenvalue weighted by Gasteiger charge is -2.26. The lowest BCUT2D eigenvalue weighted by atomic mass is 9.99.